The molecule has 0 fully saturated rings. The molecule has 1 aromatic heterocycles. The summed E-state index contributed by atoms with van der Waals surface area (Å²) in [5, 5.41) is 9.30. The summed E-state index contributed by atoms with van der Waals surface area (Å²) in [6, 6.07) is 2.69. The Morgan fingerprint density at radius 1 is 1.33 bits per heavy atom. The summed E-state index contributed by atoms with van der Waals surface area (Å²) in [7, 11) is 1.80. The molecule has 0 radical (unpaired) electrons. The number of aromatic nitrogens is 2. The van der Waals surface area contributed by atoms with E-state index in [2.05, 4.69) is 16.8 Å². The Morgan fingerprint density at radius 2 is 2.07 bits per heavy atom. The van der Waals surface area contributed by atoms with E-state index >= 15 is 0 Å². The quantitative estimate of drug-likeness (QED) is 0.551. The van der Waals surface area contributed by atoms with Crippen LogP contribution in [0.4, 0.5) is 8.78 Å². The zero-order valence-corrected chi connectivity index (χ0v) is 14.9. The van der Waals surface area contributed by atoms with Gasteiger partial charge in [-0.2, -0.15) is 10.2 Å². The molecule has 6 nitrogen and oxygen atoms in total. The third-order valence-electron chi connectivity index (χ3n) is 4.18. The number of carbonyl (C=O) groups excluding carboxylic acids is 1. The number of hydrazone groups is 1. The van der Waals surface area contributed by atoms with Gasteiger partial charge < -0.3 is 4.74 Å². The van der Waals surface area contributed by atoms with Crippen LogP contribution in [-0.2, 0) is 11.8 Å². The maximum absolute atomic E-state index is 13.5. The highest BCUT2D eigenvalue weighted by Gasteiger charge is 2.30. The Balaban J connectivity index is 1.55. The first kappa shape index (κ1) is 18.8. The fourth-order valence-corrected chi connectivity index (χ4v) is 2.87. The van der Waals surface area contributed by atoms with E-state index in [1.807, 2.05) is 0 Å². The zero-order chi connectivity index (χ0) is 19.4. The molecule has 1 unspecified atom stereocenters. The van der Waals surface area contributed by atoms with Gasteiger partial charge in [0.15, 0.2) is 5.75 Å². The predicted octanol–water partition coefficient (Wildman–Crippen LogP) is 3.37. The molecule has 3 rings (SSSR count). The van der Waals surface area contributed by atoms with Crippen LogP contribution in [0.25, 0.3) is 0 Å². The zero-order valence-electron chi connectivity index (χ0n) is 14.9. The highest BCUT2D eigenvalue weighted by atomic mass is 19.1. The number of amides is 1. The lowest BCUT2D eigenvalue weighted by atomic mass is 10.0. The van der Waals surface area contributed by atoms with Gasteiger partial charge in [0.05, 0.1) is 25.0 Å². The van der Waals surface area contributed by atoms with Crippen molar-refractivity contribution in [3.8, 4) is 5.75 Å². The van der Waals surface area contributed by atoms with Crippen LogP contribution in [0.1, 0.15) is 30.9 Å². The summed E-state index contributed by atoms with van der Waals surface area (Å²) in [6.07, 6.45) is 6.34. The third-order valence-corrected chi connectivity index (χ3v) is 4.18. The first-order valence-corrected chi connectivity index (χ1v) is 8.55. The average molecular weight is 374 g/mol. The Bertz CT molecular complexity index is 858. The molecule has 0 bridgehead atoms. The fraction of sp³-hybridized carbons (Fsp3) is 0.316. The Morgan fingerprint density at radius 3 is 2.74 bits per heavy atom. The second kappa shape index (κ2) is 8.11. The first-order valence-electron chi connectivity index (χ1n) is 8.55. The lowest BCUT2D eigenvalue weighted by Crippen LogP contribution is -2.28. The number of hydrogen-bond acceptors (Lipinski definition) is 4. The monoisotopic (exact) mass is 374 g/mol. The number of carbonyl (C=O) groups is 1. The maximum Gasteiger partial charge on any atom is 0.269 e. The van der Waals surface area contributed by atoms with Crippen LogP contribution in [0.15, 0.2) is 47.8 Å². The molecular formula is C19H20F2N4O2. The number of ether oxygens (including phenoxy) is 1. The van der Waals surface area contributed by atoms with Crippen molar-refractivity contribution >= 4 is 12.1 Å². The van der Waals surface area contributed by atoms with Crippen LogP contribution in [0.2, 0.25) is 0 Å². The molecule has 142 valence electrons. The molecular weight excluding hydrogens is 354 g/mol. The van der Waals surface area contributed by atoms with E-state index in [0.29, 0.717) is 42.8 Å². The molecule has 1 amide bonds. The highest BCUT2D eigenvalue weighted by molar-refractivity contribution is 5.94. The van der Waals surface area contributed by atoms with Gasteiger partial charge in [-0.25, -0.2) is 13.8 Å². The molecule has 0 N–H and O–H groups in total. The van der Waals surface area contributed by atoms with E-state index in [-0.39, 0.29) is 5.91 Å². The van der Waals surface area contributed by atoms with Gasteiger partial charge in [0.25, 0.3) is 5.91 Å². The molecule has 1 aliphatic rings. The molecule has 0 saturated carbocycles. The van der Waals surface area contributed by atoms with Gasteiger partial charge in [0.1, 0.15) is 11.6 Å². The van der Waals surface area contributed by atoms with Gasteiger partial charge in [-0.05, 0) is 30.5 Å². The number of nitrogens with zero attached hydrogens (tertiary/aromatic N) is 4. The lowest BCUT2D eigenvalue weighted by Gasteiger charge is -2.23. The summed E-state index contributed by atoms with van der Waals surface area (Å²) >= 11 is 0. The number of hydrogen-bond donors (Lipinski definition) is 0. The average Bonchev–Trinajstić information content (AvgIpc) is 3.26. The van der Waals surface area contributed by atoms with Crippen molar-refractivity contribution in [3.63, 3.8) is 0 Å². The standard InChI is InChI=1S/C19H20F2N4O2/c1-13(4-3-7-27-17-11-23-24(2)12-17)19(26)25-18(5-6-22-25)14-8-15(20)10-16(21)9-14/h6,8-12,18H,1,3-5,7H2,2H3. The predicted molar refractivity (Wildman–Crippen MR) is 96.1 cm³/mol. The van der Waals surface area contributed by atoms with Crippen molar-refractivity contribution in [2.24, 2.45) is 12.1 Å². The van der Waals surface area contributed by atoms with Crippen molar-refractivity contribution in [2.45, 2.75) is 25.3 Å². The normalized spacial score (nSPS) is 16.0. The number of rotatable bonds is 7. The van der Waals surface area contributed by atoms with Gasteiger partial charge in [-0.1, -0.05) is 6.58 Å². The van der Waals surface area contributed by atoms with Crippen LogP contribution in [0.3, 0.4) is 0 Å². The fourth-order valence-electron chi connectivity index (χ4n) is 2.87. The molecule has 0 aliphatic carbocycles. The molecule has 0 spiro atoms. The van der Waals surface area contributed by atoms with Crippen LogP contribution in [-0.4, -0.2) is 33.5 Å². The SMILES string of the molecule is C=C(CCCOc1cnn(C)c1)C(=O)N1N=CCC1c1cc(F)cc(F)c1. The maximum atomic E-state index is 13.5. The van der Waals surface area contributed by atoms with Crippen LogP contribution >= 0.6 is 0 Å². The topological polar surface area (TPSA) is 59.7 Å². The molecule has 2 aromatic rings. The van der Waals surface area contributed by atoms with Crippen LogP contribution in [0, 0.1) is 11.6 Å². The summed E-state index contributed by atoms with van der Waals surface area (Å²) in [5.74, 6) is -1.07. The number of aryl methyl sites for hydroxylation is 1. The minimum absolute atomic E-state index is 0.361. The Kier molecular flexibility index (Phi) is 5.63. The molecule has 8 heteroatoms. The molecule has 2 heterocycles. The van der Waals surface area contributed by atoms with E-state index in [9.17, 15) is 13.6 Å². The largest absolute Gasteiger partial charge is 0.490 e. The van der Waals surface area contributed by atoms with E-state index in [1.165, 1.54) is 17.1 Å². The molecule has 27 heavy (non-hydrogen) atoms. The second-order valence-corrected chi connectivity index (χ2v) is 6.31. The minimum Gasteiger partial charge on any atom is -0.490 e. The van der Waals surface area contributed by atoms with Crippen molar-refractivity contribution in [2.75, 3.05) is 6.61 Å². The third kappa shape index (κ3) is 4.58. The Labute approximate surface area is 155 Å². The molecule has 1 aliphatic heterocycles. The van der Waals surface area contributed by atoms with Crippen molar-refractivity contribution in [1.29, 1.82) is 0 Å². The van der Waals surface area contributed by atoms with Gasteiger partial charge in [-0.15, -0.1) is 0 Å². The van der Waals surface area contributed by atoms with Crippen LogP contribution in [0.5, 0.6) is 5.75 Å². The minimum atomic E-state index is -0.685. The van der Waals surface area contributed by atoms with Gasteiger partial charge in [-0.3, -0.25) is 9.48 Å². The van der Waals surface area contributed by atoms with Crippen LogP contribution < -0.4 is 4.74 Å². The van der Waals surface area contributed by atoms with Gasteiger partial charge >= 0.3 is 0 Å². The summed E-state index contributed by atoms with van der Waals surface area (Å²) in [4.78, 5) is 12.6. The first-order chi connectivity index (χ1) is 12.9. The summed E-state index contributed by atoms with van der Waals surface area (Å²) < 4.78 is 34.2. The van der Waals surface area contributed by atoms with E-state index in [4.69, 9.17) is 4.74 Å². The highest BCUT2D eigenvalue weighted by Crippen LogP contribution is 2.30. The summed E-state index contributed by atoms with van der Waals surface area (Å²) in [5.41, 5.74) is 0.733. The van der Waals surface area contributed by atoms with E-state index in [1.54, 1.807) is 30.3 Å². The smallest absolute Gasteiger partial charge is 0.269 e. The van der Waals surface area contributed by atoms with Gasteiger partial charge in [0, 0.05) is 31.3 Å². The molecule has 0 saturated heterocycles. The number of benzene rings is 1. The lowest BCUT2D eigenvalue weighted by molar-refractivity contribution is -0.129. The number of halogens is 2. The molecule has 1 aromatic carbocycles. The van der Waals surface area contributed by atoms with Crippen molar-refractivity contribution in [1.82, 2.24) is 14.8 Å². The van der Waals surface area contributed by atoms with Crippen molar-refractivity contribution in [3.05, 3.63) is 59.9 Å². The van der Waals surface area contributed by atoms with Gasteiger partial charge in [0.2, 0.25) is 0 Å². The summed E-state index contributed by atoms with van der Waals surface area (Å²) in [6.45, 7) is 4.24. The second-order valence-electron chi connectivity index (χ2n) is 6.31. The van der Waals surface area contributed by atoms with E-state index < -0.39 is 17.7 Å². The Hall–Kier alpha value is -3.03. The van der Waals surface area contributed by atoms with Crippen molar-refractivity contribution < 1.29 is 18.3 Å². The molecule has 1 atom stereocenters. The van der Waals surface area contributed by atoms with E-state index in [0.717, 1.165) is 6.07 Å².